The van der Waals surface area contributed by atoms with E-state index in [1.807, 2.05) is 0 Å². The number of hydrogen-bond acceptors (Lipinski definition) is 0. The Hall–Kier alpha value is 2.00. The van der Waals surface area contributed by atoms with E-state index < -0.39 is 0 Å². The molecule has 0 nitrogen and oxygen atoms in total. The van der Waals surface area contributed by atoms with Crippen molar-refractivity contribution in [1.29, 1.82) is 0 Å². The third-order valence-electron chi connectivity index (χ3n) is 0. The molecule has 0 aliphatic rings. The fraction of sp³-hybridized carbons (Fsp3) is 0. The quantitative estimate of drug-likeness (QED) is 0.561. The first-order valence-electron chi connectivity index (χ1n) is 0. The Bertz CT molecular complexity index is 8.00. The molecule has 0 N–H and O–H groups in total. The maximum Gasteiger partial charge on any atom is 0 e. The molecule has 0 aromatic rings. The molecule has 0 aromatic heterocycles. The first kappa shape index (κ1) is 37.5. The van der Waals surface area contributed by atoms with Crippen molar-refractivity contribution in [3.8, 4) is 0 Å². The molecule has 0 bridgehead atoms. The molecule has 0 saturated heterocycles. The van der Waals surface area contributed by atoms with Crippen LogP contribution < -0.4 is 0 Å². The van der Waals surface area contributed by atoms with Gasteiger partial charge in [0.2, 0.25) is 0 Å². The van der Waals surface area contributed by atoms with Gasteiger partial charge in [0.25, 0.3) is 0 Å². The average Bonchev–Trinajstić information content (AvgIpc) is 0. The first-order chi connectivity index (χ1) is 0. The summed E-state index contributed by atoms with van der Waals surface area (Å²) in [6.45, 7) is 0. The van der Waals surface area contributed by atoms with Crippen LogP contribution >= 0.6 is 17.0 Å². The first-order valence-corrected chi connectivity index (χ1v) is 0. The molecule has 4 heavy (non-hydrogen) atoms. The standard InChI is InChI=1S/Br.Co.Mn.Ni. The normalized spacial score (nSPS) is 0. The van der Waals surface area contributed by atoms with Crippen molar-refractivity contribution < 1.29 is 50.3 Å². The van der Waals surface area contributed by atoms with Crippen molar-refractivity contribution in [3.05, 3.63) is 0 Å². The zero-order valence-corrected chi connectivity index (χ0v) is 6.20. The van der Waals surface area contributed by atoms with Crippen molar-refractivity contribution >= 4 is 17.0 Å². The fourth-order valence-electron chi connectivity index (χ4n) is 0. The van der Waals surface area contributed by atoms with E-state index in [1.165, 1.54) is 0 Å². The van der Waals surface area contributed by atoms with E-state index >= 15 is 0 Å². The SMILES string of the molecule is [Br].[Co].[Mn].[Ni]. The van der Waals surface area contributed by atoms with Crippen LogP contribution in [0.5, 0.6) is 0 Å². The van der Waals surface area contributed by atoms with Crippen molar-refractivity contribution in [2.24, 2.45) is 0 Å². The predicted octanol–water partition coefficient (Wildman–Crippen LogP) is 0.838. The van der Waals surface area contributed by atoms with Gasteiger partial charge in [-0.15, -0.1) is 0 Å². The monoisotopic (exact) mass is 251 g/mol. The van der Waals surface area contributed by atoms with Gasteiger partial charge in [-0.3, -0.25) is 0 Å². The predicted molar refractivity (Wildman–Crippen MR) is 8.93 cm³/mol. The number of hydrogen-bond donors (Lipinski definition) is 0. The maximum absolute atomic E-state index is 0. The summed E-state index contributed by atoms with van der Waals surface area (Å²) in [6.07, 6.45) is 0. The zero-order chi connectivity index (χ0) is 0. The van der Waals surface area contributed by atoms with Gasteiger partial charge in [0.05, 0.1) is 0 Å². The molecule has 0 heterocycles. The summed E-state index contributed by atoms with van der Waals surface area (Å²) in [4.78, 5) is 0. The van der Waals surface area contributed by atoms with E-state index in [-0.39, 0.29) is 67.3 Å². The Morgan fingerprint density at radius 3 is 1.00 bits per heavy atom. The third kappa shape index (κ3) is 9.00. The molecule has 3 radical (unpaired) electrons. The van der Waals surface area contributed by atoms with Gasteiger partial charge >= 0.3 is 0 Å². The molecule has 0 aliphatic carbocycles. The van der Waals surface area contributed by atoms with Gasteiger partial charge in [-0.25, -0.2) is 0 Å². The largest absolute Gasteiger partial charge is 0 e. The van der Waals surface area contributed by atoms with E-state index in [0.29, 0.717) is 0 Å². The summed E-state index contributed by atoms with van der Waals surface area (Å²) < 4.78 is 0. The Morgan fingerprint density at radius 1 is 1.00 bits per heavy atom. The van der Waals surface area contributed by atoms with Crippen LogP contribution in [0.3, 0.4) is 0 Å². The van der Waals surface area contributed by atoms with Gasteiger partial charge in [-0.05, 0) is 0 Å². The minimum atomic E-state index is 0. The topological polar surface area (TPSA) is 0 Å². The third-order valence-corrected chi connectivity index (χ3v) is 0. The molecule has 0 atom stereocenters. The summed E-state index contributed by atoms with van der Waals surface area (Å²) in [6, 6.07) is 0. The maximum atomic E-state index is 0. The van der Waals surface area contributed by atoms with Crippen LogP contribution in [0, 0.1) is 0 Å². The van der Waals surface area contributed by atoms with Crippen LogP contribution in [-0.2, 0) is 50.3 Å². The van der Waals surface area contributed by atoms with Crippen LogP contribution in [0.2, 0.25) is 0 Å². The summed E-state index contributed by atoms with van der Waals surface area (Å²) in [5.74, 6) is 0. The van der Waals surface area contributed by atoms with Gasteiger partial charge < -0.3 is 0 Å². The second-order valence-corrected chi connectivity index (χ2v) is 0. The van der Waals surface area contributed by atoms with Crippen molar-refractivity contribution in [1.82, 2.24) is 0 Å². The minimum Gasteiger partial charge on any atom is 0 e. The molecule has 0 aromatic carbocycles. The molecule has 4 heteroatoms. The summed E-state index contributed by atoms with van der Waals surface area (Å²) in [5, 5.41) is 0. The molecule has 0 aliphatic heterocycles. The Morgan fingerprint density at radius 2 is 1.00 bits per heavy atom. The molecule has 0 amide bonds. The van der Waals surface area contributed by atoms with Crippen LogP contribution in [0.4, 0.5) is 0 Å². The summed E-state index contributed by atoms with van der Waals surface area (Å²) in [5.41, 5.74) is 0. The average molecular weight is 252 g/mol. The number of rotatable bonds is 0. The van der Waals surface area contributed by atoms with Gasteiger partial charge in [-0.1, -0.05) is 0 Å². The molecule has 0 saturated carbocycles. The number of halogens is 1. The van der Waals surface area contributed by atoms with Crippen molar-refractivity contribution in [2.75, 3.05) is 0 Å². The van der Waals surface area contributed by atoms with Gasteiger partial charge in [0.15, 0.2) is 0 Å². The second kappa shape index (κ2) is 20.0. The molecule has 0 fully saturated rings. The van der Waals surface area contributed by atoms with E-state index in [4.69, 9.17) is 0 Å². The summed E-state index contributed by atoms with van der Waals surface area (Å²) in [7, 11) is 0. The van der Waals surface area contributed by atoms with Crippen LogP contribution in [0.15, 0.2) is 0 Å². The van der Waals surface area contributed by atoms with E-state index in [2.05, 4.69) is 0 Å². The van der Waals surface area contributed by atoms with Crippen LogP contribution in [-0.4, -0.2) is 0 Å². The Balaban J connectivity index is 0. The van der Waals surface area contributed by atoms with Crippen LogP contribution in [0.25, 0.3) is 0 Å². The molecule has 0 unspecified atom stereocenters. The van der Waals surface area contributed by atoms with E-state index in [1.54, 1.807) is 0 Å². The minimum absolute atomic E-state index is 0. The van der Waals surface area contributed by atoms with E-state index in [0.717, 1.165) is 0 Å². The van der Waals surface area contributed by atoms with Gasteiger partial charge in [0, 0.05) is 67.3 Å². The smallest absolute Gasteiger partial charge is 0 e. The van der Waals surface area contributed by atoms with Gasteiger partial charge in [0.1, 0.15) is 0 Å². The molecule has 0 spiro atoms. The van der Waals surface area contributed by atoms with E-state index in [9.17, 15) is 0 Å². The molecular formula is BrCoMnNi. The molecular weight excluding hydrogens is 252 g/mol. The van der Waals surface area contributed by atoms with Crippen LogP contribution in [0.1, 0.15) is 0 Å². The molecule has 0 rings (SSSR count). The fourth-order valence-corrected chi connectivity index (χ4v) is 0. The molecule has 33 valence electrons. The van der Waals surface area contributed by atoms with Crippen molar-refractivity contribution in [3.63, 3.8) is 0 Å². The Labute approximate surface area is 66.8 Å². The zero-order valence-electron chi connectivity index (χ0n) is 1.41. The Kier molecular flexibility index (Phi) is 188. The summed E-state index contributed by atoms with van der Waals surface area (Å²) >= 11 is 0. The second-order valence-electron chi connectivity index (χ2n) is 0. The van der Waals surface area contributed by atoms with Crippen molar-refractivity contribution in [2.45, 2.75) is 0 Å². The van der Waals surface area contributed by atoms with Gasteiger partial charge in [-0.2, -0.15) is 0 Å².